The topological polar surface area (TPSA) is 165 Å². The van der Waals surface area contributed by atoms with Crippen LogP contribution in [0, 0.1) is 12.3 Å². The number of esters is 2. The summed E-state index contributed by atoms with van der Waals surface area (Å²) in [7, 11) is 3.82. The number of nitrogens with zero attached hydrogens (tertiary/aromatic N) is 4. The first-order valence-electron chi connectivity index (χ1n) is 23.4. The van der Waals surface area contributed by atoms with E-state index in [4.69, 9.17) is 25.4 Å². The van der Waals surface area contributed by atoms with Crippen molar-refractivity contribution in [3.05, 3.63) is 0 Å². The fourth-order valence-corrected chi connectivity index (χ4v) is 9.68. The van der Waals surface area contributed by atoms with E-state index in [1.54, 1.807) is 0 Å². The molecule has 0 radical (unpaired) electrons. The van der Waals surface area contributed by atoms with E-state index >= 15 is 0 Å². The average molecular weight is 919 g/mol. The van der Waals surface area contributed by atoms with E-state index in [9.17, 15) is 30.0 Å². The van der Waals surface area contributed by atoms with Crippen molar-refractivity contribution in [2.75, 3.05) is 103 Å². The van der Waals surface area contributed by atoms with Crippen LogP contribution in [0.3, 0.4) is 0 Å². The van der Waals surface area contributed by atoms with Gasteiger partial charge >= 0.3 is 11.9 Å². The molecule has 0 aromatic heterocycles. The largest absolute Gasteiger partial charge is 0.459 e. The molecule has 14 nitrogen and oxygen atoms in total. The van der Waals surface area contributed by atoms with Gasteiger partial charge in [-0.2, -0.15) is 0 Å². The second-order valence-corrected chi connectivity index (χ2v) is 21.5. The highest BCUT2D eigenvalue weighted by Crippen LogP contribution is 2.24. The SMILES string of the molecule is C#CCCCSSCCCN1CCCN(CC(=O)OC(C)(C)C)CCN(CCCCCCCCCCO[C@@H]2OC(CO)[C@@H](O)C(O)[C@@H]2O)CCCN(CC(=O)OC(C)(C)C)CC1. The first-order valence-corrected chi connectivity index (χ1v) is 25.9. The van der Waals surface area contributed by atoms with Gasteiger partial charge in [0.15, 0.2) is 6.29 Å². The molecule has 2 aliphatic rings. The van der Waals surface area contributed by atoms with Gasteiger partial charge in [0.1, 0.15) is 35.6 Å². The van der Waals surface area contributed by atoms with Crippen LogP contribution in [0.4, 0.5) is 0 Å². The number of carbonyl (C=O) groups is 2. The molecule has 5 atom stereocenters. The van der Waals surface area contributed by atoms with E-state index in [0.717, 1.165) is 160 Å². The monoisotopic (exact) mass is 919 g/mol. The van der Waals surface area contributed by atoms with Crippen LogP contribution in [0.25, 0.3) is 0 Å². The Labute approximate surface area is 383 Å². The summed E-state index contributed by atoms with van der Waals surface area (Å²) in [5.74, 6) is 4.51. The Balaban J connectivity index is 1.92. The van der Waals surface area contributed by atoms with Crippen molar-refractivity contribution in [3.63, 3.8) is 0 Å². The predicted molar refractivity (Wildman–Crippen MR) is 251 cm³/mol. The van der Waals surface area contributed by atoms with Crippen LogP contribution in [0.5, 0.6) is 0 Å². The summed E-state index contributed by atoms with van der Waals surface area (Å²) in [5.41, 5.74) is -1.06. The zero-order valence-electron chi connectivity index (χ0n) is 39.3. The lowest BCUT2D eigenvalue weighted by Crippen LogP contribution is -2.59. The fraction of sp³-hybridized carbons (Fsp3) is 0.913. The molecule has 0 aliphatic carbocycles. The number of aliphatic hydroxyl groups excluding tert-OH is 4. The first kappa shape index (κ1) is 56.9. The van der Waals surface area contributed by atoms with E-state index in [0.29, 0.717) is 6.61 Å². The van der Waals surface area contributed by atoms with Crippen LogP contribution in [0.15, 0.2) is 0 Å². The molecule has 0 amide bonds. The molecule has 16 heteroatoms. The minimum atomic E-state index is -1.43. The highest BCUT2D eigenvalue weighted by molar-refractivity contribution is 8.76. The third-order valence-electron chi connectivity index (χ3n) is 10.7. The van der Waals surface area contributed by atoms with Crippen LogP contribution in [-0.4, -0.2) is 197 Å². The lowest BCUT2D eigenvalue weighted by Gasteiger charge is -2.39. The fourth-order valence-electron chi connectivity index (χ4n) is 7.53. The molecule has 0 spiro atoms. The van der Waals surface area contributed by atoms with E-state index in [-0.39, 0.29) is 25.0 Å². The Bertz CT molecular complexity index is 1230. The first-order chi connectivity index (χ1) is 29.5. The van der Waals surface area contributed by atoms with E-state index < -0.39 is 48.5 Å². The maximum atomic E-state index is 13.0. The summed E-state index contributed by atoms with van der Waals surface area (Å²) in [4.78, 5) is 35.7. The van der Waals surface area contributed by atoms with Gasteiger partial charge in [-0.3, -0.25) is 19.4 Å². The molecule has 2 fully saturated rings. The normalized spacial score (nSPS) is 23.7. The lowest BCUT2D eigenvalue weighted by atomic mass is 9.99. The van der Waals surface area contributed by atoms with Crippen LogP contribution < -0.4 is 0 Å². The summed E-state index contributed by atoms with van der Waals surface area (Å²) in [6.45, 7) is 20.7. The minimum absolute atomic E-state index is 0.181. The number of hydrogen-bond donors (Lipinski definition) is 4. The van der Waals surface area contributed by atoms with Crippen LogP contribution in [-0.2, 0) is 28.5 Å². The Kier molecular flexibility index (Phi) is 29.8. The Hall–Kier alpha value is -1.20. The molecule has 362 valence electrons. The van der Waals surface area contributed by atoms with Gasteiger partial charge in [0.2, 0.25) is 0 Å². The van der Waals surface area contributed by atoms with E-state index in [1.807, 2.05) is 63.1 Å². The van der Waals surface area contributed by atoms with Crippen LogP contribution in [0.1, 0.15) is 125 Å². The van der Waals surface area contributed by atoms with Crippen molar-refractivity contribution in [2.45, 2.75) is 167 Å². The Morgan fingerprint density at radius 2 is 1.08 bits per heavy atom. The highest BCUT2D eigenvalue weighted by Gasteiger charge is 2.44. The Morgan fingerprint density at radius 3 is 1.58 bits per heavy atom. The molecule has 0 saturated carbocycles. The number of unbranched alkanes of at least 4 members (excludes halogenated alkanes) is 8. The minimum Gasteiger partial charge on any atom is -0.459 e. The highest BCUT2D eigenvalue weighted by atomic mass is 33.1. The molecule has 2 heterocycles. The number of rotatable bonds is 25. The van der Waals surface area contributed by atoms with E-state index in [1.165, 1.54) is 0 Å². The molecule has 2 aliphatic heterocycles. The third-order valence-corrected chi connectivity index (χ3v) is 13.3. The molecule has 0 aromatic carbocycles. The van der Waals surface area contributed by atoms with E-state index in [2.05, 4.69) is 25.5 Å². The number of hydrogen-bond acceptors (Lipinski definition) is 16. The van der Waals surface area contributed by atoms with Gasteiger partial charge in [-0.15, -0.1) is 12.3 Å². The second kappa shape index (κ2) is 32.5. The number of aliphatic hydroxyl groups is 4. The molecular formula is C46H86N4O10S2. The van der Waals surface area contributed by atoms with Crippen molar-refractivity contribution in [2.24, 2.45) is 0 Å². The number of carbonyl (C=O) groups excluding carboxylic acids is 2. The molecule has 2 rings (SSSR count). The maximum Gasteiger partial charge on any atom is 0.320 e. The molecule has 2 saturated heterocycles. The number of terminal acetylenes is 1. The molecule has 0 aromatic rings. The summed E-state index contributed by atoms with van der Waals surface area (Å²) < 4.78 is 22.5. The van der Waals surface area contributed by atoms with Gasteiger partial charge in [-0.25, -0.2) is 0 Å². The van der Waals surface area contributed by atoms with Crippen molar-refractivity contribution >= 4 is 33.5 Å². The molecule has 62 heavy (non-hydrogen) atoms. The van der Waals surface area contributed by atoms with Gasteiger partial charge in [-0.05, 0) is 106 Å². The predicted octanol–water partition coefficient (Wildman–Crippen LogP) is 4.79. The van der Waals surface area contributed by atoms with Gasteiger partial charge in [0, 0.05) is 63.8 Å². The zero-order valence-corrected chi connectivity index (χ0v) is 40.9. The standard InChI is InChI=1S/C46H86N4O10S2/c1-8-9-18-33-61-62-34-21-27-48-24-20-26-49(35-39(52)59-45(2,3)4)30-28-47(23-19-25-50(31-29-48)36-40(53)60-46(5,6)7)22-16-14-12-10-11-13-15-17-32-57-44-43(56)42(55)41(54)38(37-51)58-44/h1,38,41-44,51,54-56H,9-37H2,2-7H3/t38?,41-,42?,43+,44-/m1/s1. The number of ether oxygens (including phenoxy) is 4. The van der Waals surface area contributed by atoms with Crippen LogP contribution >= 0.6 is 21.6 Å². The summed E-state index contributed by atoms with van der Waals surface area (Å²) in [6, 6.07) is 0. The van der Waals surface area contributed by atoms with Gasteiger partial charge in [0.25, 0.3) is 0 Å². The summed E-state index contributed by atoms with van der Waals surface area (Å²) in [6.07, 6.45) is 12.5. The molecule has 2 unspecified atom stereocenters. The van der Waals surface area contributed by atoms with Crippen molar-refractivity contribution < 1.29 is 49.0 Å². The van der Waals surface area contributed by atoms with Gasteiger partial charge < -0.3 is 49.2 Å². The van der Waals surface area contributed by atoms with Gasteiger partial charge in [-0.1, -0.05) is 60.1 Å². The van der Waals surface area contributed by atoms with Crippen molar-refractivity contribution in [3.8, 4) is 12.3 Å². The summed E-state index contributed by atoms with van der Waals surface area (Å²) >= 11 is 0. The van der Waals surface area contributed by atoms with Crippen LogP contribution in [0.2, 0.25) is 0 Å². The molecule has 0 bridgehead atoms. The summed E-state index contributed by atoms with van der Waals surface area (Å²) in [5, 5.41) is 39.5. The van der Waals surface area contributed by atoms with Crippen molar-refractivity contribution in [1.29, 1.82) is 0 Å². The smallest absolute Gasteiger partial charge is 0.320 e. The molecular weight excluding hydrogens is 833 g/mol. The second-order valence-electron chi connectivity index (χ2n) is 18.8. The molecule has 4 N–H and O–H groups in total. The van der Waals surface area contributed by atoms with Gasteiger partial charge in [0.05, 0.1) is 19.7 Å². The third kappa shape index (κ3) is 27.3. The van der Waals surface area contributed by atoms with Crippen molar-refractivity contribution in [1.82, 2.24) is 19.6 Å². The quantitative estimate of drug-likeness (QED) is 0.0427. The maximum absolute atomic E-state index is 13.0. The average Bonchev–Trinajstić information content (AvgIpc) is 3.19. The lowest BCUT2D eigenvalue weighted by molar-refractivity contribution is -0.301. The Morgan fingerprint density at radius 1 is 0.629 bits per heavy atom. The zero-order chi connectivity index (χ0) is 45.8.